The summed E-state index contributed by atoms with van der Waals surface area (Å²) >= 11 is 0. The molecule has 31 heavy (non-hydrogen) atoms. The Bertz CT molecular complexity index is 1160. The topological polar surface area (TPSA) is 156 Å². The lowest BCUT2D eigenvalue weighted by Crippen LogP contribution is -2.32. The number of hydrogen-bond donors (Lipinski definition) is 4. The molecule has 0 aliphatic heterocycles. The average molecular weight is 423 g/mol. The first-order valence-corrected chi connectivity index (χ1v) is 9.26. The second kappa shape index (κ2) is 8.72. The van der Waals surface area contributed by atoms with Crippen LogP contribution in [0.1, 0.15) is 15.9 Å². The number of nitrogens with zero attached hydrogens (tertiary/aromatic N) is 1. The van der Waals surface area contributed by atoms with Crippen LogP contribution in [0.2, 0.25) is 0 Å². The Morgan fingerprint density at radius 2 is 1.71 bits per heavy atom. The first-order chi connectivity index (χ1) is 14.7. The van der Waals surface area contributed by atoms with Gasteiger partial charge >= 0.3 is 12.1 Å². The minimum atomic E-state index is -1.10. The molecule has 0 aliphatic rings. The van der Waals surface area contributed by atoms with Crippen molar-refractivity contribution in [1.29, 1.82) is 0 Å². The van der Waals surface area contributed by atoms with E-state index in [2.05, 4.69) is 0 Å². The van der Waals surface area contributed by atoms with E-state index in [1.54, 1.807) is 48.5 Å². The average Bonchev–Trinajstić information content (AvgIpc) is 2.74. The first-order valence-electron chi connectivity index (χ1n) is 9.26. The fraction of sp³-hybridized carbons (Fsp3) is 0.136. The van der Waals surface area contributed by atoms with Gasteiger partial charge in [-0.2, -0.15) is 0 Å². The van der Waals surface area contributed by atoms with Gasteiger partial charge in [-0.05, 0) is 36.2 Å². The summed E-state index contributed by atoms with van der Waals surface area (Å²) in [7, 11) is 1.51. The summed E-state index contributed by atoms with van der Waals surface area (Å²) in [6, 6.07) is 13.2. The number of ether oxygens (including phenoxy) is 1. The number of primary amides is 1. The number of anilines is 1. The zero-order valence-electron chi connectivity index (χ0n) is 16.6. The highest BCUT2D eigenvalue weighted by Crippen LogP contribution is 2.34. The Morgan fingerprint density at radius 3 is 2.32 bits per heavy atom. The van der Waals surface area contributed by atoms with Crippen LogP contribution in [-0.4, -0.2) is 41.3 Å². The van der Waals surface area contributed by atoms with E-state index in [1.165, 1.54) is 18.0 Å². The van der Waals surface area contributed by atoms with Crippen molar-refractivity contribution >= 4 is 34.4 Å². The molecule has 1 unspecified atom stereocenters. The highest BCUT2D eigenvalue weighted by molar-refractivity contribution is 6.08. The molecule has 3 aromatic carbocycles. The Balaban J connectivity index is 1.80. The normalized spacial score (nSPS) is 11.7. The standard InChI is InChI=1S/C22H21N3O6/c1-25(18-4-2-3-15-14(18)9-10-16(19(15)26)20(24)27)22(30)31-13-7-5-12(6-8-13)11-17(23)21(28)29/h2-10,17,26H,11,23H2,1H3,(H2,24,27)(H,28,29). The van der Waals surface area contributed by atoms with Crippen molar-refractivity contribution in [3.8, 4) is 11.5 Å². The number of hydrogen-bond acceptors (Lipinski definition) is 6. The van der Waals surface area contributed by atoms with E-state index in [1.807, 2.05) is 0 Å². The van der Waals surface area contributed by atoms with Crippen LogP contribution in [0, 0.1) is 0 Å². The highest BCUT2D eigenvalue weighted by Gasteiger charge is 2.19. The predicted molar refractivity (Wildman–Crippen MR) is 114 cm³/mol. The Labute approximate surface area is 177 Å². The molecule has 0 heterocycles. The van der Waals surface area contributed by atoms with E-state index in [0.717, 1.165) is 0 Å². The minimum Gasteiger partial charge on any atom is -0.506 e. The van der Waals surface area contributed by atoms with Gasteiger partial charge in [0.15, 0.2) is 0 Å². The van der Waals surface area contributed by atoms with Crippen LogP contribution in [-0.2, 0) is 11.2 Å². The molecule has 3 rings (SSSR count). The number of nitrogens with two attached hydrogens (primary N) is 2. The SMILES string of the molecule is CN(C(=O)Oc1ccc(CC(N)C(=O)O)cc1)c1cccc2c(O)c(C(N)=O)ccc12. The van der Waals surface area contributed by atoms with Crippen LogP contribution in [0.3, 0.4) is 0 Å². The molecule has 0 saturated carbocycles. The third-order valence-electron chi connectivity index (χ3n) is 4.81. The summed E-state index contributed by atoms with van der Waals surface area (Å²) in [5.41, 5.74) is 11.9. The maximum atomic E-state index is 12.6. The summed E-state index contributed by atoms with van der Waals surface area (Å²) in [6.07, 6.45) is -0.531. The van der Waals surface area contributed by atoms with Crippen molar-refractivity contribution in [2.75, 3.05) is 11.9 Å². The monoisotopic (exact) mass is 423 g/mol. The van der Waals surface area contributed by atoms with Gasteiger partial charge in [-0.1, -0.05) is 30.3 Å². The number of phenols is 1. The molecule has 0 bridgehead atoms. The second-order valence-electron chi connectivity index (χ2n) is 6.92. The van der Waals surface area contributed by atoms with Gasteiger partial charge in [0.2, 0.25) is 0 Å². The molecule has 0 aromatic heterocycles. The Morgan fingerprint density at radius 1 is 1.03 bits per heavy atom. The van der Waals surface area contributed by atoms with Gasteiger partial charge in [-0.3, -0.25) is 14.5 Å². The van der Waals surface area contributed by atoms with E-state index >= 15 is 0 Å². The lowest BCUT2D eigenvalue weighted by atomic mass is 10.0. The van der Waals surface area contributed by atoms with Gasteiger partial charge in [0, 0.05) is 17.8 Å². The highest BCUT2D eigenvalue weighted by atomic mass is 16.6. The molecule has 0 saturated heterocycles. The number of carboxylic acids is 1. The third kappa shape index (κ3) is 4.57. The van der Waals surface area contributed by atoms with Crippen molar-refractivity contribution in [1.82, 2.24) is 0 Å². The number of carbonyl (C=O) groups is 3. The van der Waals surface area contributed by atoms with Crippen molar-refractivity contribution < 1.29 is 29.3 Å². The van der Waals surface area contributed by atoms with Gasteiger partial charge in [-0.15, -0.1) is 0 Å². The Kier molecular flexibility index (Phi) is 6.07. The smallest absolute Gasteiger partial charge is 0.419 e. The second-order valence-corrected chi connectivity index (χ2v) is 6.92. The minimum absolute atomic E-state index is 0.0161. The molecular weight excluding hydrogens is 402 g/mol. The predicted octanol–water partition coefficient (Wildman–Crippen LogP) is 2.23. The quantitative estimate of drug-likeness (QED) is 0.473. The van der Waals surface area contributed by atoms with Crippen LogP contribution in [0.5, 0.6) is 11.5 Å². The largest absolute Gasteiger partial charge is 0.506 e. The molecule has 160 valence electrons. The van der Waals surface area contributed by atoms with Crippen molar-refractivity contribution in [2.45, 2.75) is 12.5 Å². The third-order valence-corrected chi connectivity index (χ3v) is 4.81. The number of aromatic hydroxyl groups is 1. The van der Waals surface area contributed by atoms with Gasteiger partial charge in [0.05, 0.1) is 11.3 Å². The number of carbonyl (C=O) groups excluding carboxylic acids is 2. The van der Waals surface area contributed by atoms with E-state index in [9.17, 15) is 19.5 Å². The number of rotatable bonds is 6. The summed E-state index contributed by atoms with van der Waals surface area (Å²) in [5.74, 6) is -1.85. The lowest BCUT2D eigenvalue weighted by Gasteiger charge is -2.19. The zero-order valence-corrected chi connectivity index (χ0v) is 16.6. The molecule has 0 radical (unpaired) electrons. The van der Waals surface area contributed by atoms with E-state index in [0.29, 0.717) is 22.0 Å². The molecule has 3 aromatic rings. The lowest BCUT2D eigenvalue weighted by molar-refractivity contribution is -0.138. The van der Waals surface area contributed by atoms with Gasteiger partial charge in [0.25, 0.3) is 5.91 Å². The first kappa shape index (κ1) is 21.6. The van der Waals surface area contributed by atoms with Crippen LogP contribution in [0.15, 0.2) is 54.6 Å². The summed E-state index contributed by atoms with van der Waals surface area (Å²) < 4.78 is 5.38. The van der Waals surface area contributed by atoms with Crippen LogP contribution in [0.4, 0.5) is 10.5 Å². The van der Waals surface area contributed by atoms with Crippen LogP contribution in [0.25, 0.3) is 10.8 Å². The summed E-state index contributed by atoms with van der Waals surface area (Å²) in [5, 5.41) is 20.1. The molecule has 9 heteroatoms. The van der Waals surface area contributed by atoms with Crippen LogP contribution >= 0.6 is 0 Å². The van der Waals surface area contributed by atoms with Crippen molar-refractivity contribution in [3.63, 3.8) is 0 Å². The van der Waals surface area contributed by atoms with E-state index in [-0.39, 0.29) is 23.5 Å². The number of fused-ring (bicyclic) bond motifs is 1. The number of aliphatic carboxylic acids is 1. The zero-order chi connectivity index (χ0) is 22.7. The van der Waals surface area contributed by atoms with E-state index in [4.69, 9.17) is 21.3 Å². The molecule has 6 N–H and O–H groups in total. The number of amides is 2. The molecule has 2 amide bonds. The van der Waals surface area contributed by atoms with Crippen molar-refractivity contribution in [3.05, 3.63) is 65.7 Å². The molecular formula is C22H21N3O6. The number of carboxylic acid groups (broad SMARTS) is 1. The van der Waals surface area contributed by atoms with E-state index < -0.39 is 24.0 Å². The number of benzene rings is 3. The van der Waals surface area contributed by atoms with Gasteiger partial charge in [0.1, 0.15) is 17.5 Å². The van der Waals surface area contributed by atoms with Crippen molar-refractivity contribution in [2.24, 2.45) is 11.5 Å². The Hall–Kier alpha value is -4.11. The van der Waals surface area contributed by atoms with Gasteiger partial charge in [-0.25, -0.2) is 4.79 Å². The van der Waals surface area contributed by atoms with Gasteiger partial charge < -0.3 is 26.4 Å². The molecule has 1 atom stereocenters. The fourth-order valence-electron chi connectivity index (χ4n) is 3.12. The fourth-order valence-corrected chi connectivity index (χ4v) is 3.12. The molecule has 0 spiro atoms. The maximum absolute atomic E-state index is 12.6. The maximum Gasteiger partial charge on any atom is 0.419 e. The van der Waals surface area contributed by atoms with Crippen LogP contribution < -0.4 is 21.1 Å². The summed E-state index contributed by atoms with van der Waals surface area (Å²) in [4.78, 5) is 36.2. The molecule has 9 nitrogen and oxygen atoms in total. The summed E-state index contributed by atoms with van der Waals surface area (Å²) in [6.45, 7) is 0. The molecule has 0 fully saturated rings. The molecule has 0 aliphatic carbocycles.